The van der Waals surface area contributed by atoms with Crippen molar-refractivity contribution in [2.75, 3.05) is 44.4 Å². The summed E-state index contributed by atoms with van der Waals surface area (Å²) >= 11 is 1.69. The second-order valence-corrected chi connectivity index (χ2v) is 5.36. The van der Waals surface area contributed by atoms with Crippen LogP contribution in [-0.4, -0.2) is 49.9 Å². The third-order valence-corrected chi connectivity index (χ3v) is 3.88. The van der Waals surface area contributed by atoms with Crippen molar-refractivity contribution in [2.45, 2.75) is 11.3 Å². The van der Waals surface area contributed by atoms with Crippen LogP contribution in [-0.2, 0) is 9.53 Å². The maximum atomic E-state index is 11.8. The van der Waals surface area contributed by atoms with Crippen molar-refractivity contribution in [1.29, 1.82) is 0 Å². The molecule has 0 aromatic heterocycles. The molecule has 1 amide bonds. The number of hydrogen-bond donors (Lipinski definition) is 1. The lowest BCUT2D eigenvalue weighted by atomic mass is 10.3. The van der Waals surface area contributed by atoms with Crippen molar-refractivity contribution < 1.29 is 9.53 Å². The molecule has 0 bridgehead atoms. The first-order chi connectivity index (χ1) is 9.28. The van der Waals surface area contributed by atoms with Crippen molar-refractivity contribution in [1.82, 2.24) is 4.90 Å². The van der Waals surface area contributed by atoms with Crippen molar-refractivity contribution >= 4 is 23.4 Å². The number of nitrogens with zero attached hydrogens (tertiary/aromatic N) is 1. The van der Waals surface area contributed by atoms with Crippen LogP contribution in [0, 0.1) is 0 Å². The van der Waals surface area contributed by atoms with Crippen LogP contribution >= 0.6 is 11.8 Å². The molecule has 0 radical (unpaired) electrons. The molecule has 1 fully saturated rings. The highest BCUT2D eigenvalue weighted by atomic mass is 32.2. The highest BCUT2D eigenvalue weighted by molar-refractivity contribution is 7.98. The summed E-state index contributed by atoms with van der Waals surface area (Å²) in [6.45, 7) is 4.21. The Labute approximate surface area is 118 Å². The number of amides is 1. The largest absolute Gasteiger partial charge is 0.379 e. The zero-order valence-electron chi connectivity index (χ0n) is 11.2. The molecule has 0 spiro atoms. The zero-order valence-corrected chi connectivity index (χ0v) is 12.0. The SMILES string of the molecule is CSc1ccc(NC(=O)CCN2CCOCC2)cc1. The van der Waals surface area contributed by atoms with Crippen LogP contribution in [0.3, 0.4) is 0 Å². The van der Waals surface area contributed by atoms with E-state index in [9.17, 15) is 4.79 Å². The Morgan fingerprint density at radius 1 is 1.32 bits per heavy atom. The van der Waals surface area contributed by atoms with Gasteiger partial charge in [0, 0.05) is 36.6 Å². The maximum absolute atomic E-state index is 11.8. The molecular weight excluding hydrogens is 260 g/mol. The highest BCUT2D eigenvalue weighted by Crippen LogP contribution is 2.17. The number of anilines is 1. The molecule has 1 aromatic rings. The molecule has 2 rings (SSSR count). The Hall–Kier alpha value is -1.04. The quantitative estimate of drug-likeness (QED) is 0.838. The van der Waals surface area contributed by atoms with Crippen molar-refractivity contribution in [3.05, 3.63) is 24.3 Å². The van der Waals surface area contributed by atoms with Crippen molar-refractivity contribution in [3.63, 3.8) is 0 Å². The molecule has 1 heterocycles. The third kappa shape index (κ3) is 4.86. The summed E-state index contributed by atoms with van der Waals surface area (Å²) in [7, 11) is 0. The van der Waals surface area contributed by atoms with E-state index in [1.54, 1.807) is 11.8 Å². The molecule has 0 aliphatic carbocycles. The predicted octanol–water partition coefficient (Wildman–Crippen LogP) is 2.07. The van der Waals surface area contributed by atoms with Gasteiger partial charge in [-0.2, -0.15) is 0 Å². The van der Waals surface area contributed by atoms with E-state index in [-0.39, 0.29) is 5.91 Å². The van der Waals surface area contributed by atoms with E-state index < -0.39 is 0 Å². The highest BCUT2D eigenvalue weighted by Gasteiger charge is 2.11. The lowest BCUT2D eigenvalue weighted by Crippen LogP contribution is -2.38. The second kappa shape index (κ2) is 7.53. The summed E-state index contributed by atoms with van der Waals surface area (Å²) in [5, 5.41) is 2.93. The molecule has 4 nitrogen and oxygen atoms in total. The van der Waals surface area contributed by atoms with Gasteiger partial charge in [0.15, 0.2) is 0 Å². The van der Waals surface area contributed by atoms with Crippen molar-refractivity contribution in [3.8, 4) is 0 Å². The van der Waals surface area contributed by atoms with Crippen LogP contribution in [0.15, 0.2) is 29.2 Å². The standard InChI is InChI=1S/C14H20N2O2S/c1-19-13-4-2-12(3-5-13)15-14(17)6-7-16-8-10-18-11-9-16/h2-5H,6-11H2,1H3,(H,15,17). The summed E-state index contributed by atoms with van der Waals surface area (Å²) in [4.78, 5) is 15.3. The summed E-state index contributed by atoms with van der Waals surface area (Å²) < 4.78 is 5.28. The minimum absolute atomic E-state index is 0.0726. The number of hydrogen-bond acceptors (Lipinski definition) is 4. The number of carbonyl (C=O) groups excluding carboxylic acids is 1. The van der Waals surface area contributed by atoms with E-state index >= 15 is 0 Å². The summed E-state index contributed by atoms with van der Waals surface area (Å²) in [6, 6.07) is 7.92. The minimum Gasteiger partial charge on any atom is -0.379 e. The molecule has 0 unspecified atom stereocenters. The Balaban J connectivity index is 1.73. The van der Waals surface area contributed by atoms with Gasteiger partial charge in [0.2, 0.25) is 5.91 Å². The predicted molar refractivity (Wildman–Crippen MR) is 78.7 cm³/mol. The molecule has 19 heavy (non-hydrogen) atoms. The van der Waals surface area contributed by atoms with Gasteiger partial charge in [0.05, 0.1) is 13.2 Å². The topological polar surface area (TPSA) is 41.6 Å². The molecule has 5 heteroatoms. The molecule has 1 aromatic carbocycles. The fourth-order valence-electron chi connectivity index (χ4n) is 1.98. The lowest BCUT2D eigenvalue weighted by molar-refractivity contribution is -0.116. The first kappa shape index (κ1) is 14.4. The Bertz CT molecular complexity index is 402. The van der Waals surface area contributed by atoms with Gasteiger partial charge in [0.1, 0.15) is 0 Å². The fourth-order valence-corrected chi connectivity index (χ4v) is 2.39. The van der Waals surface area contributed by atoms with Crippen LogP contribution < -0.4 is 5.32 Å². The molecular formula is C14H20N2O2S. The van der Waals surface area contributed by atoms with E-state index in [4.69, 9.17) is 4.74 Å². The lowest BCUT2D eigenvalue weighted by Gasteiger charge is -2.26. The molecule has 1 aliphatic rings. The maximum Gasteiger partial charge on any atom is 0.225 e. The number of ether oxygens (including phenoxy) is 1. The number of carbonyl (C=O) groups is 1. The van der Waals surface area contributed by atoms with Crippen LogP contribution in [0.25, 0.3) is 0 Å². The monoisotopic (exact) mass is 280 g/mol. The van der Waals surface area contributed by atoms with Gasteiger partial charge >= 0.3 is 0 Å². The Kier molecular flexibility index (Phi) is 5.69. The number of morpholine rings is 1. The summed E-state index contributed by atoms with van der Waals surface area (Å²) in [6.07, 6.45) is 2.57. The molecule has 1 saturated heterocycles. The molecule has 0 atom stereocenters. The fraction of sp³-hybridized carbons (Fsp3) is 0.500. The van der Waals surface area contributed by atoms with Gasteiger partial charge in [-0.05, 0) is 30.5 Å². The van der Waals surface area contributed by atoms with Gasteiger partial charge in [0.25, 0.3) is 0 Å². The summed E-state index contributed by atoms with van der Waals surface area (Å²) in [5.74, 6) is 0.0726. The van der Waals surface area contributed by atoms with Crippen LogP contribution in [0.1, 0.15) is 6.42 Å². The van der Waals surface area contributed by atoms with Crippen LogP contribution in [0.4, 0.5) is 5.69 Å². The van der Waals surface area contributed by atoms with E-state index in [2.05, 4.69) is 10.2 Å². The number of thioether (sulfide) groups is 1. The average Bonchev–Trinajstić information content (AvgIpc) is 2.47. The zero-order chi connectivity index (χ0) is 13.5. The average molecular weight is 280 g/mol. The first-order valence-electron chi connectivity index (χ1n) is 6.52. The third-order valence-electron chi connectivity index (χ3n) is 3.13. The van der Waals surface area contributed by atoms with Crippen molar-refractivity contribution in [2.24, 2.45) is 0 Å². The van der Waals surface area contributed by atoms with E-state index in [1.165, 1.54) is 4.90 Å². The van der Waals surface area contributed by atoms with E-state index in [0.29, 0.717) is 6.42 Å². The number of rotatable bonds is 5. The molecule has 1 aliphatic heterocycles. The first-order valence-corrected chi connectivity index (χ1v) is 7.74. The number of benzene rings is 1. The van der Waals surface area contributed by atoms with Crippen LogP contribution in [0.5, 0.6) is 0 Å². The smallest absolute Gasteiger partial charge is 0.225 e. The van der Waals surface area contributed by atoms with Gasteiger partial charge in [-0.3, -0.25) is 9.69 Å². The normalized spacial score (nSPS) is 16.3. The number of nitrogens with one attached hydrogen (secondary N) is 1. The molecule has 0 saturated carbocycles. The Morgan fingerprint density at radius 3 is 2.63 bits per heavy atom. The van der Waals surface area contributed by atoms with Crippen LogP contribution in [0.2, 0.25) is 0 Å². The Morgan fingerprint density at radius 2 is 2.00 bits per heavy atom. The summed E-state index contributed by atoms with van der Waals surface area (Å²) in [5.41, 5.74) is 0.866. The minimum atomic E-state index is 0.0726. The second-order valence-electron chi connectivity index (χ2n) is 4.48. The van der Waals surface area contributed by atoms with Gasteiger partial charge < -0.3 is 10.1 Å². The molecule has 104 valence electrons. The van der Waals surface area contributed by atoms with E-state index in [0.717, 1.165) is 38.5 Å². The van der Waals surface area contributed by atoms with Gasteiger partial charge in [-0.25, -0.2) is 0 Å². The van der Waals surface area contributed by atoms with E-state index in [1.807, 2.05) is 30.5 Å². The van der Waals surface area contributed by atoms with Gasteiger partial charge in [-0.15, -0.1) is 11.8 Å². The molecule has 1 N–H and O–H groups in total. The van der Waals surface area contributed by atoms with Gasteiger partial charge in [-0.1, -0.05) is 0 Å².